The van der Waals surface area contributed by atoms with Crippen LogP contribution in [0.2, 0.25) is 0 Å². The van der Waals surface area contributed by atoms with Crippen molar-refractivity contribution in [1.29, 1.82) is 0 Å². The Bertz CT molecular complexity index is 1210. The van der Waals surface area contributed by atoms with Crippen LogP contribution < -0.4 is 0 Å². The quantitative estimate of drug-likeness (QED) is 0.482. The number of likely N-dealkylation sites (tertiary alicyclic amines) is 1. The molecular weight excluding hydrogens is 398 g/mol. The first-order valence-corrected chi connectivity index (χ1v) is 11.4. The lowest BCUT2D eigenvalue weighted by molar-refractivity contribution is -0.133. The fraction of sp³-hybridized carbons (Fsp3) is 0.346. The topological polar surface area (TPSA) is 66.8 Å². The number of carbonyl (C=O) groups excluding carboxylic acids is 1. The minimum absolute atomic E-state index is 0.0568. The van der Waals surface area contributed by atoms with Gasteiger partial charge in [-0.3, -0.25) is 14.5 Å². The van der Waals surface area contributed by atoms with E-state index in [4.69, 9.17) is 0 Å². The van der Waals surface area contributed by atoms with Crippen molar-refractivity contribution in [3.63, 3.8) is 0 Å². The Hall–Kier alpha value is -3.41. The molecule has 5 rings (SSSR count). The number of hydrogen-bond acceptors (Lipinski definition) is 3. The molecule has 2 atom stereocenters. The van der Waals surface area contributed by atoms with Crippen molar-refractivity contribution < 1.29 is 4.79 Å². The number of nitrogens with one attached hydrogen (secondary N) is 1. The van der Waals surface area contributed by atoms with Gasteiger partial charge in [0.2, 0.25) is 5.91 Å². The molecule has 6 heteroatoms. The summed E-state index contributed by atoms with van der Waals surface area (Å²) in [5.74, 6) is 0.485. The summed E-state index contributed by atoms with van der Waals surface area (Å²) < 4.78 is 1.86. The zero-order chi connectivity index (χ0) is 22.1. The predicted octanol–water partition coefficient (Wildman–Crippen LogP) is 5.09. The van der Waals surface area contributed by atoms with E-state index in [0.717, 1.165) is 31.4 Å². The van der Waals surface area contributed by atoms with E-state index in [9.17, 15) is 4.79 Å². The normalized spacial score (nSPS) is 17.6. The molecular formula is C26H29N5O. The predicted molar refractivity (Wildman–Crippen MR) is 126 cm³/mol. The van der Waals surface area contributed by atoms with Gasteiger partial charge in [0.05, 0.1) is 6.04 Å². The van der Waals surface area contributed by atoms with Crippen molar-refractivity contribution >= 4 is 16.8 Å². The van der Waals surface area contributed by atoms with Crippen molar-refractivity contribution in [3.05, 3.63) is 72.4 Å². The first-order valence-electron chi connectivity index (χ1n) is 11.4. The van der Waals surface area contributed by atoms with Gasteiger partial charge in [0.1, 0.15) is 0 Å². The number of aromatic nitrogens is 4. The Kier molecular flexibility index (Phi) is 5.52. The Morgan fingerprint density at radius 2 is 2.06 bits per heavy atom. The second kappa shape index (κ2) is 8.61. The molecule has 3 aromatic heterocycles. The number of rotatable bonds is 5. The van der Waals surface area contributed by atoms with Crippen molar-refractivity contribution in [3.8, 4) is 11.1 Å². The minimum atomic E-state index is 0.0568. The van der Waals surface area contributed by atoms with Gasteiger partial charge in [-0.05, 0) is 62.6 Å². The summed E-state index contributed by atoms with van der Waals surface area (Å²) in [5.41, 5.74) is 6.03. The number of benzene rings is 1. The van der Waals surface area contributed by atoms with Crippen LogP contribution in [0.1, 0.15) is 49.4 Å². The first-order chi connectivity index (χ1) is 15.6. The number of H-pyrrole nitrogens is 1. The molecule has 1 aromatic carbocycles. The maximum Gasteiger partial charge on any atom is 0.224 e. The fourth-order valence-electron chi connectivity index (χ4n) is 4.92. The zero-order valence-corrected chi connectivity index (χ0v) is 18.7. The second-order valence-corrected chi connectivity index (χ2v) is 8.92. The molecule has 0 saturated carbocycles. The van der Waals surface area contributed by atoms with E-state index in [1.807, 2.05) is 41.2 Å². The van der Waals surface area contributed by atoms with Gasteiger partial charge in [-0.25, -0.2) is 0 Å². The molecule has 0 radical (unpaired) electrons. The van der Waals surface area contributed by atoms with E-state index in [2.05, 4.69) is 52.3 Å². The van der Waals surface area contributed by atoms with Crippen LogP contribution in [0.3, 0.4) is 0 Å². The summed E-state index contributed by atoms with van der Waals surface area (Å²) in [4.78, 5) is 23.1. The monoisotopic (exact) mass is 427 g/mol. The van der Waals surface area contributed by atoms with Gasteiger partial charge in [0.25, 0.3) is 0 Å². The molecule has 0 aliphatic carbocycles. The number of aromatic amines is 1. The van der Waals surface area contributed by atoms with E-state index in [1.54, 1.807) is 6.20 Å². The summed E-state index contributed by atoms with van der Waals surface area (Å²) in [7, 11) is 0. The molecule has 164 valence electrons. The van der Waals surface area contributed by atoms with E-state index >= 15 is 0 Å². The van der Waals surface area contributed by atoms with Crippen LogP contribution in [0.4, 0.5) is 0 Å². The average Bonchev–Trinajstić information content (AvgIpc) is 3.48. The van der Waals surface area contributed by atoms with E-state index < -0.39 is 0 Å². The number of aryl methyl sites for hydroxylation is 1. The van der Waals surface area contributed by atoms with Crippen molar-refractivity contribution in [2.75, 3.05) is 13.1 Å². The summed E-state index contributed by atoms with van der Waals surface area (Å²) in [5, 5.41) is 5.53. The number of carbonyl (C=O) groups is 1. The number of pyridine rings is 1. The Morgan fingerprint density at radius 1 is 1.22 bits per heavy atom. The van der Waals surface area contributed by atoms with Gasteiger partial charge in [0, 0.05) is 72.4 Å². The first kappa shape index (κ1) is 20.5. The molecule has 4 heterocycles. The number of nitrogens with zero attached hydrogens (tertiary/aromatic N) is 4. The smallest absolute Gasteiger partial charge is 0.224 e. The van der Waals surface area contributed by atoms with Crippen LogP contribution in [0.25, 0.3) is 22.0 Å². The van der Waals surface area contributed by atoms with Gasteiger partial charge < -0.3 is 9.88 Å². The van der Waals surface area contributed by atoms with Crippen molar-refractivity contribution in [1.82, 2.24) is 24.6 Å². The molecule has 1 amide bonds. The lowest BCUT2D eigenvalue weighted by Gasteiger charge is -2.33. The average molecular weight is 428 g/mol. The lowest BCUT2D eigenvalue weighted by atomic mass is 9.89. The Balaban J connectivity index is 1.44. The molecule has 0 unspecified atom stereocenters. The van der Waals surface area contributed by atoms with Crippen LogP contribution in [-0.2, 0) is 4.79 Å². The number of fused-ring (bicyclic) bond motifs is 1. The minimum Gasteiger partial charge on any atom is -0.358 e. The highest BCUT2D eigenvalue weighted by molar-refractivity contribution is 5.98. The van der Waals surface area contributed by atoms with E-state index in [1.165, 1.54) is 27.8 Å². The third-order valence-electron chi connectivity index (χ3n) is 6.58. The molecule has 0 bridgehead atoms. The third kappa shape index (κ3) is 3.93. The molecule has 1 aliphatic rings. The van der Waals surface area contributed by atoms with Gasteiger partial charge in [-0.15, -0.1) is 0 Å². The van der Waals surface area contributed by atoms with Crippen LogP contribution in [-0.4, -0.2) is 43.6 Å². The number of piperidine rings is 1. The maximum absolute atomic E-state index is 13.1. The highest BCUT2D eigenvalue weighted by atomic mass is 16.2. The van der Waals surface area contributed by atoms with E-state index in [0.29, 0.717) is 6.42 Å². The molecule has 32 heavy (non-hydrogen) atoms. The third-order valence-corrected chi connectivity index (χ3v) is 6.58. The molecule has 1 N–H and O–H groups in total. The van der Waals surface area contributed by atoms with Gasteiger partial charge in [-0.2, -0.15) is 5.10 Å². The molecule has 6 nitrogen and oxygen atoms in total. The van der Waals surface area contributed by atoms with Gasteiger partial charge in [0.15, 0.2) is 0 Å². The standard InChI is InChI=1S/C26H29N5O/c1-18-6-7-23-22(15-18)25(20-8-11-27-12-9-20)26(29-23)21-5-3-13-30(17-21)24(32)16-19(2)31-14-4-10-28-31/h4,6-12,14-15,19,21,29H,3,5,13,16-17H2,1-2H3/t19-,21-/m1/s1. The summed E-state index contributed by atoms with van der Waals surface area (Å²) in [6.45, 7) is 5.75. The van der Waals surface area contributed by atoms with Gasteiger partial charge in [-0.1, -0.05) is 11.6 Å². The lowest BCUT2D eigenvalue weighted by Crippen LogP contribution is -2.40. The summed E-state index contributed by atoms with van der Waals surface area (Å²) in [6.07, 6.45) is 9.93. The summed E-state index contributed by atoms with van der Waals surface area (Å²) >= 11 is 0. The molecule has 1 aliphatic heterocycles. The molecule has 1 fully saturated rings. The van der Waals surface area contributed by atoms with Crippen molar-refractivity contribution in [2.24, 2.45) is 0 Å². The maximum atomic E-state index is 13.1. The van der Waals surface area contributed by atoms with Crippen LogP contribution in [0, 0.1) is 6.92 Å². The number of amides is 1. The number of hydrogen-bond donors (Lipinski definition) is 1. The van der Waals surface area contributed by atoms with Crippen LogP contribution in [0.5, 0.6) is 0 Å². The molecule has 4 aromatic rings. The van der Waals surface area contributed by atoms with Crippen molar-refractivity contribution in [2.45, 2.75) is 45.1 Å². The second-order valence-electron chi connectivity index (χ2n) is 8.92. The van der Waals surface area contributed by atoms with Crippen LogP contribution in [0.15, 0.2) is 61.2 Å². The highest BCUT2D eigenvalue weighted by Crippen LogP contribution is 2.39. The van der Waals surface area contributed by atoms with Crippen LogP contribution >= 0.6 is 0 Å². The Morgan fingerprint density at radius 3 is 2.84 bits per heavy atom. The SMILES string of the molecule is Cc1ccc2[nH]c([C@@H]3CCCN(C(=O)C[C@@H](C)n4cccn4)C3)c(-c3ccncc3)c2c1. The molecule has 1 saturated heterocycles. The summed E-state index contributed by atoms with van der Waals surface area (Å²) in [6, 6.07) is 12.7. The zero-order valence-electron chi connectivity index (χ0n) is 18.7. The highest BCUT2D eigenvalue weighted by Gasteiger charge is 2.29. The largest absolute Gasteiger partial charge is 0.358 e. The Labute approximate surface area is 188 Å². The molecule has 0 spiro atoms. The van der Waals surface area contributed by atoms with E-state index in [-0.39, 0.29) is 17.9 Å². The van der Waals surface area contributed by atoms with Gasteiger partial charge >= 0.3 is 0 Å². The fourth-order valence-corrected chi connectivity index (χ4v) is 4.92.